The molecule has 1 N–H and O–H groups in total. The first kappa shape index (κ1) is 13.5. The molecule has 2 rings (SSSR count). The van der Waals surface area contributed by atoms with E-state index < -0.39 is 33.7 Å². The smallest absolute Gasteiger partial charge is 0.308 e. The van der Waals surface area contributed by atoms with Crippen molar-refractivity contribution in [3.05, 3.63) is 58.2 Å². The molecular formula is C11H6F2N4O3. The van der Waals surface area contributed by atoms with Crippen LogP contribution in [0.15, 0.2) is 30.9 Å². The molecule has 1 heterocycles. The molecule has 0 radical (unpaired) electrons. The Kier molecular flexibility index (Phi) is 3.60. The molecule has 0 saturated heterocycles. The van der Waals surface area contributed by atoms with Crippen molar-refractivity contribution in [1.29, 1.82) is 0 Å². The van der Waals surface area contributed by atoms with E-state index in [0.29, 0.717) is 12.1 Å². The maximum absolute atomic E-state index is 13.8. The second kappa shape index (κ2) is 5.34. The van der Waals surface area contributed by atoms with Gasteiger partial charge in [-0.05, 0) is 6.07 Å². The summed E-state index contributed by atoms with van der Waals surface area (Å²) < 4.78 is 26.9. The standard InChI is InChI=1S/C11H6F2N4O3/c12-6-1-8(10(13)9(2-6)17(19)20)11(18)16-7-3-14-5-15-4-7/h1-5H,(H,16,18). The molecule has 0 aliphatic rings. The number of nitro groups is 1. The van der Waals surface area contributed by atoms with Gasteiger partial charge >= 0.3 is 5.69 Å². The van der Waals surface area contributed by atoms with Gasteiger partial charge in [0, 0.05) is 0 Å². The van der Waals surface area contributed by atoms with Crippen molar-refractivity contribution in [1.82, 2.24) is 9.97 Å². The summed E-state index contributed by atoms with van der Waals surface area (Å²) in [4.78, 5) is 28.4. The number of halogens is 2. The van der Waals surface area contributed by atoms with E-state index in [9.17, 15) is 23.7 Å². The summed E-state index contributed by atoms with van der Waals surface area (Å²) in [5.41, 5.74) is -1.75. The molecule has 0 aliphatic carbocycles. The Hall–Kier alpha value is -2.97. The molecule has 0 spiro atoms. The molecule has 1 aromatic heterocycles. The van der Waals surface area contributed by atoms with Crippen LogP contribution in [0, 0.1) is 21.7 Å². The number of amides is 1. The minimum Gasteiger partial charge on any atom is -0.319 e. The van der Waals surface area contributed by atoms with Crippen molar-refractivity contribution in [2.24, 2.45) is 0 Å². The van der Waals surface area contributed by atoms with Crippen LogP contribution >= 0.6 is 0 Å². The molecule has 0 saturated carbocycles. The van der Waals surface area contributed by atoms with Gasteiger partial charge < -0.3 is 5.32 Å². The lowest BCUT2D eigenvalue weighted by molar-refractivity contribution is -0.387. The Bertz CT molecular complexity index is 679. The van der Waals surface area contributed by atoms with E-state index in [-0.39, 0.29) is 5.69 Å². The van der Waals surface area contributed by atoms with Crippen LogP contribution in [0.2, 0.25) is 0 Å². The predicted octanol–water partition coefficient (Wildman–Crippen LogP) is 1.92. The summed E-state index contributed by atoms with van der Waals surface area (Å²) in [5, 5.41) is 12.8. The fourth-order valence-electron chi connectivity index (χ4n) is 1.44. The molecule has 0 unspecified atom stereocenters. The van der Waals surface area contributed by atoms with Gasteiger partial charge in [-0.25, -0.2) is 14.4 Å². The number of nitrogens with zero attached hydrogens (tertiary/aromatic N) is 3. The number of rotatable bonds is 3. The van der Waals surface area contributed by atoms with Crippen molar-refractivity contribution in [2.75, 3.05) is 5.32 Å². The summed E-state index contributed by atoms with van der Waals surface area (Å²) in [6.07, 6.45) is 3.68. The van der Waals surface area contributed by atoms with Crippen LogP contribution < -0.4 is 5.32 Å². The predicted molar refractivity (Wildman–Crippen MR) is 63.0 cm³/mol. The third-order valence-corrected chi connectivity index (χ3v) is 2.28. The zero-order valence-corrected chi connectivity index (χ0v) is 9.71. The van der Waals surface area contributed by atoms with Crippen LogP contribution in [0.25, 0.3) is 0 Å². The van der Waals surface area contributed by atoms with Gasteiger partial charge in [0.1, 0.15) is 12.1 Å². The lowest BCUT2D eigenvalue weighted by Gasteiger charge is -2.05. The van der Waals surface area contributed by atoms with Crippen LogP contribution in [-0.4, -0.2) is 20.8 Å². The monoisotopic (exact) mass is 280 g/mol. The first-order valence-electron chi connectivity index (χ1n) is 5.19. The van der Waals surface area contributed by atoms with E-state index in [1.807, 2.05) is 0 Å². The first-order chi connectivity index (χ1) is 9.49. The topological polar surface area (TPSA) is 98.0 Å². The van der Waals surface area contributed by atoms with E-state index in [2.05, 4.69) is 15.3 Å². The van der Waals surface area contributed by atoms with E-state index in [0.717, 1.165) is 0 Å². The molecule has 20 heavy (non-hydrogen) atoms. The van der Waals surface area contributed by atoms with Gasteiger partial charge in [-0.2, -0.15) is 4.39 Å². The Balaban J connectivity index is 2.37. The number of benzene rings is 1. The number of aromatic nitrogens is 2. The van der Waals surface area contributed by atoms with Crippen LogP contribution in [0.4, 0.5) is 20.2 Å². The van der Waals surface area contributed by atoms with Gasteiger partial charge in [0.05, 0.1) is 34.6 Å². The molecule has 0 aliphatic heterocycles. The lowest BCUT2D eigenvalue weighted by Crippen LogP contribution is -2.15. The number of nitrogens with one attached hydrogen (secondary N) is 1. The van der Waals surface area contributed by atoms with Gasteiger partial charge in [0.25, 0.3) is 5.91 Å². The molecule has 7 nitrogen and oxygen atoms in total. The van der Waals surface area contributed by atoms with Gasteiger partial charge in [-0.1, -0.05) is 0 Å². The molecule has 102 valence electrons. The number of carbonyl (C=O) groups excluding carboxylic acids is 1. The van der Waals surface area contributed by atoms with Crippen molar-refractivity contribution < 1.29 is 18.5 Å². The Morgan fingerprint density at radius 1 is 1.25 bits per heavy atom. The minimum absolute atomic E-state index is 0.142. The van der Waals surface area contributed by atoms with Crippen LogP contribution in [-0.2, 0) is 0 Å². The highest BCUT2D eigenvalue weighted by molar-refractivity contribution is 6.04. The van der Waals surface area contributed by atoms with E-state index in [1.54, 1.807) is 0 Å². The highest BCUT2D eigenvalue weighted by atomic mass is 19.1. The molecule has 0 fully saturated rings. The Morgan fingerprint density at radius 2 is 1.90 bits per heavy atom. The molecule has 9 heteroatoms. The summed E-state index contributed by atoms with van der Waals surface area (Å²) in [6, 6.07) is 0.971. The highest BCUT2D eigenvalue weighted by Gasteiger charge is 2.24. The molecule has 1 aromatic carbocycles. The van der Waals surface area contributed by atoms with Crippen LogP contribution in [0.5, 0.6) is 0 Å². The quantitative estimate of drug-likeness (QED) is 0.684. The number of carbonyl (C=O) groups is 1. The highest BCUT2D eigenvalue weighted by Crippen LogP contribution is 2.23. The minimum atomic E-state index is -1.41. The second-order valence-electron chi connectivity index (χ2n) is 3.62. The Morgan fingerprint density at radius 3 is 2.50 bits per heavy atom. The third-order valence-electron chi connectivity index (χ3n) is 2.28. The maximum Gasteiger partial charge on any atom is 0.308 e. The normalized spacial score (nSPS) is 10.1. The third kappa shape index (κ3) is 2.71. The largest absolute Gasteiger partial charge is 0.319 e. The van der Waals surface area contributed by atoms with Crippen LogP contribution in [0.3, 0.4) is 0 Å². The number of hydrogen-bond donors (Lipinski definition) is 1. The molecular weight excluding hydrogens is 274 g/mol. The molecule has 1 amide bonds. The molecule has 0 atom stereocenters. The molecule has 0 bridgehead atoms. The summed E-state index contributed by atoms with van der Waals surface area (Å²) in [6.45, 7) is 0. The number of hydrogen-bond acceptors (Lipinski definition) is 5. The number of anilines is 1. The van der Waals surface area contributed by atoms with Crippen LogP contribution in [0.1, 0.15) is 10.4 Å². The van der Waals surface area contributed by atoms with Crippen molar-refractivity contribution in [3.8, 4) is 0 Å². The maximum atomic E-state index is 13.8. The van der Waals surface area contributed by atoms with E-state index in [1.165, 1.54) is 18.7 Å². The second-order valence-corrected chi connectivity index (χ2v) is 3.62. The van der Waals surface area contributed by atoms with E-state index in [4.69, 9.17) is 0 Å². The van der Waals surface area contributed by atoms with Gasteiger partial charge in [-0.15, -0.1) is 0 Å². The lowest BCUT2D eigenvalue weighted by atomic mass is 10.1. The summed E-state index contributed by atoms with van der Waals surface area (Å²) in [5.74, 6) is -3.54. The van der Waals surface area contributed by atoms with Crippen molar-refractivity contribution >= 4 is 17.3 Å². The zero-order valence-electron chi connectivity index (χ0n) is 9.71. The van der Waals surface area contributed by atoms with Crippen molar-refractivity contribution in [2.45, 2.75) is 0 Å². The average Bonchev–Trinajstić information content (AvgIpc) is 2.41. The summed E-state index contributed by atoms with van der Waals surface area (Å²) >= 11 is 0. The fourth-order valence-corrected chi connectivity index (χ4v) is 1.44. The first-order valence-corrected chi connectivity index (χ1v) is 5.19. The average molecular weight is 280 g/mol. The van der Waals surface area contributed by atoms with E-state index >= 15 is 0 Å². The fraction of sp³-hybridized carbons (Fsp3) is 0. The van der Waals surface area contributed by atoms with Gasteiger partial charge in [0.2, 0.25) is 5.82 Å². The molecule has 2 aromatic rings. The Labute approximate surface area is 110 Å². The van der Waals surface area contributed by atoms with Gasteiger partial charge in [-0.3, -0.25) is 14.9 Å². The van der Waals surface area contributed by atoms with Crippen molar-refractivity contribution in [3.63, 3.8) is 0 Å². The number of nitro benzene ring substituents is 1. The SMILES string of the molecule is O=C(Nc1cncnc1)c1cc(F)cc([N+](=O)[O-])c1F. The van der Waals surface area contributed by atoms with Gasteiger partial charge in [0.15, 0.2) is 0 Å². The summed E-state index contributed by atoms with van der Waals surface area (Å²) in [7, 11) is 0. The zero-order chi connectivity index (χ0) is 14.7.